The fraction of sp³-hybridized carbons (Fsp3) is 0.158. The van der Waals surface area contributed by atoms with Crippen LogP contribution in [0.1, 0.15) is 12.5 Å². The number of halogens is 4. The van der Waals surface area contributed by atoms with E-state index in [1.54, 1.807) is 6.92 Å². The number of nitro groups is 1. The Labute approximate surface area is 177 Å². The highest BCUT2D eigenvalue weighted by molar-refractivity contribution is 6.34. The van der Waals surface area contributed by atoms with Crippen LogP contribution in [0.3, 0.4) is 0 Å². The number of nitrogens with zero attached hydrogens (tertiary/aromatic N) is 3. The summed E-state index contributed by atoms with van der Waals surface area (Å²) in [6.07, 6.45) is -4.17. The van der Waals surface area contributed by atoms with Gasteiger partial charge >= 0.3 is 11.9 Å². The normalized spacial score (nSPS) is 15.4. The van der Waals surface area contributed by atoms with Gasteiger partial charge in [0.05, 0.1) is 22.8 Å². The fourth-order valence-electron chi connectivity index (χ4n) is 2.78. The van der Waals surface area contributed by atoms with Crippen LogP contribution >= 0.6 is 11.6 Å². The van der Waals surface area contributed by atoms with Gasteiger partial charge in [0.2, 0.25) is 5.75 Å². The number of carbonyl (C=O) groups excluding carboxylic acids is 1. The monoisotopic (exact) mass is 455 g/mol. The Hall–Kier alpha value is -3.60. The summed E-state index contributed by atoms with van der Waals surface area (Å²) in [6.45, 7) is 1.58. The molecule has 0 fully saturated rings. The molecule has 3 rings (SSSR count). The van der Waals surface area contributed by atoms with Crippen LogP contribution in [0.5, 0.6) is 11.5 Å². The third kappa shape index (κ3) is 4.45. The first-order valence-corrected chi connectivity index (χ1v) is 9.02. The number of benzene rings is 2. The third-order valence-electron chi connectivity index (χ3n) is 4.10. The van der Waals surface area contributed by atoms with Gasteiger partial charge in [0.25, 0.3) is 5.91 Å². The van der Waals surface area contributed by atoms with Gasteiger partial charge < -0.3 is 9.84 Å². The molecule has 162 valence electrons. The molecule has 2 aromatic rings. The van der Waals surface area contributed by atoms with Gasteiger partial charge in [-0.1, -0.05) is 11.6 Å². The zero-order chi connectivity index (χ0) is 22.9. The topological polar surface area (TPSA) is 105 Å². The molecule has 1 N–H and O–H groups in total. The SMILES string of the molecule is CCOc1cc(/C=C2\C(=O)N(c3ccc(Cl)cc3)N=C2C(F)(F)F)cc([N+](=O)[O-])c1O. The van der Waals surface area contributed by atoms with E-state index in [4.69, 9.17) is 16.3 Å². The van der Waals surface area contributed by atoms with Crippen LogP contribution in [-0.2, 0) is 4.79 Å². The van der Waals surface area contributed by atoms with E-state index < -0.39 is 39.7 Å². The maximum atomic E-state index is 13.6. The van der Waals surface area contributed by atoms with Crippen LogP contribution < -0.4 is 9.75 Å². The van der Waals surface area contributed by atoms with Crippen LogP contribution in [0.15, 0.2) is 47.1 Å². The molecular weight excluding hydrogens is 443 g/mol. The lowest BCUT2D eigenvalue weighted by Gasteiger charge is -2.11. The summed E-state index contributed by atoms with van der Waals surface area (Å²) < 4.78 is 45.8. The second-order valence-corrected chi connectivity index (χ2v) is 6.61. The molecule has 0 unspecified atom stereocenters. The van der Waals surface area contributed by atoms with E-state index in [9.17, 15) is 33.2 Å². The zero-order valence-corrected chi connectivity index (χ0v) is 16.4. The summed E-state index contributed by atoms with van der Waals surface area (Å²) in [5.41, 5.74) is -3.20. The molecule has 0 aliphatic carbocycles. The van der Waals surface area contributed by atoms with Crippen LogP contribution in [0, 0.1) is 10.1 Å². The highest BCUT2D eigenvalue weighted by atomic mass is 35.5. The maximum absolute atomic E-state index is 13.6. The van der Waals surface area contributed by atoms with E-state index in [2.05, 4.69) is 5.10 Å². The van der Waals surface area contributed by atoms with E-state index in [1.807, 2.05) is 0 Å². The summed E-state index contributed by atoms with van der Waals surface area (Å²) >= 11 is 5.77. The van der Waals surface area contributed by atoms with Crippen molar-refractivity contribution in [3.05, 3.63) is 62.7 Å². The molecule has 0 radical (unpaired) electrons. The van der Waals surface area contributed by atoms with Crippen molar-refractivity contribution in [2.24, 2.45) is 5.10 Å². The maximum Gasteiger partial charge on any atom is 0.435 e. The van der Waals surface area contributed by atoms with Gasteiger partial charge in [-0.15, -0.1) is 0 Å². The number of alkyl halides is 3. The summed E-state index contributed by atoms with van der Waals surface area (Å²) in [5.74, 6) is -2.18. The predicted octanol–water partition coefficient (Wildman–Crippen LogP) is 4.70. The molecule has 1 aliphatic rings. The molecule has 0 bridgehead atoms. The first-order valence-electron chi connectivity index (χ1n) is 8.65. The Balaban J connectivity index is 2.14. The Bertz CT molecular complexity index is 1110. The number of ether oxygens (including phenoxy) is 1. The van der Waals surface area contributed by atoms with Gasteiger partial charge in [0, 0.05) is 11.1 Å². The second-order valence-electron chi connectivity index (χ2n) is 6.17. The molecule has 8 nitrogen and oxygen atoms in total. The molecular formula is C19H13ClF3N3O5. The molecule has 0 atom stereocenters. The quantitative estimate of drug-likeness (QED) is 0.399. The number of hydrogen-bond acceptors (Lipinski definition) is 6. The van der Waals surface area contributed by atoms with E-state index in [0.717, 1.165) is 18.2 Å². The molecule has 1 aliphatic heterocycles. The van der Waals surface area contributed by atoms with Crippen molar-refractivity contribution in [3.8, 4) is 11.5 Å². The van der Waals surface area contributed by atoms with E-state index in [0.29, 0.717) is 10.0 Å². The summed E-state index contributed by atoms with van der Waals surface area (Å²) in [4.78, 5) is 23.0. The number of hydrazone groups is 1. The molecule has 2 aromatic carbocycles. The number of amides is 1. The number of carbonyl (C=O) groups is 1. The second kappa shape index (κ2) is 8.26. The third-order valence-corrected chi connectivity index (χ3v) is 4.35. The van der Waals surface area contributed by atoms with Crippen molar-refractivity contribution in [3.63, 3.8) is 0 Å². The van der Waals surface area contributed by atoms with Crippen LogP contribution in [0.4, 0.5) is 24.5 Å². The molecule has 0 aromatic heterocycles. The highest BCUT2D eigenvalue weighted by Crippen LogP contribution is 2.39. The molecule has 12 heteroatoms. The van der Waals surface area contributed by atoms with Gasteiger partial charge in [0.1, 0.15) is 0 Å². The number of anilines is 1. The van der Waals surface area contributed by atoms with Crippen molar-refractivity contribution in [2.75, 3.05) is 11.6 Å². The lowest BCUT2D eigenvalue weighted by Crippen LogP contribution is -2.25. The Morgan fingerprint density at radius 1 is 1.29 bits per heavy atom. The van der Waals surface area contributed by atoms with Crippen molar-refractivity contribution in [2.45, 2.75) is 13.1 Å². The number of phenols is 1. The van der Waals surface area contributed by atoms with Gasteiger partial charge in [-0.05, 0) is 48.9 Å². The number of rotatable bonds is 5. The van der Waals surface area contributed by atoms with E-state index in [1.165, 1.54) is 24.3 Å². The van der Waals surface area contributed by atoms with Crippen LogP contribution in [0.2, 0.25) is 5.02 Å². The predicted molar refractivity (Wildman–Crippen MR) is 106 cm³/mol. The van der Waals surface area contributed by atoms with Crippen molar-refractivity contribution < 1.29 is 32.7 Å². The first-order chi connectivity index (χ1) is 14.5. The number of phenolic OH excluding ortho intramolecular Hbond substituents is 1. The smallest absolute Gasteiger partial charge is 0.435 e. The molecule has 31 heavy (non-hydrogen) atoms. The van der Waals surface area contributed by atoms with Crippen molar-refractivity contribution in [1.82, 2.24) is 0 Å². The Kier molecular flexibility index (Phi) is 5.89. The fourth-order valence-corrected chi connectivity index (χ4v) is 2.91. The average Bonchev–Trinajstić information content (AvgIpc) is 3.01. The Morgan fingerprint density at radius 3 is 2.48 bits per heavy atom. The van der Waals surface area contributed by atoms with Crippen molar-refractivity contribution >= 4 is 40.7 Å². The number of nitro benzene ring substituents is 1. The lowest BCUT2D eigenvalue weighted by atomic mass is 10.0. The number of aromatic hydroxyl groups is 1. The summed E-state index contributed by atoms with van der Waals surface area (Å²) in [6, 6.07) is 7.32. The molecule has 0 spiro atoms. The van der Waals surface area contributed by atoms with E-state index in [-0.39, 0.29) is 23.6 Å². The standard InChI is InChI=1S/C19H13ClF3N3O5/c1-2-31-15-9-10(8-14(16(15)27)26(29)30)7-13-17(19(21,22)23)24-25(18(13)28)12-5-3-11(20)4-6-12/h3-9,27H,2H2,1H3/b13-7-. The molecule has 1 amide bonds. The number of hydrogen-bond donors (Lipinski definition) is 1. The van der Waals surface area contributed by atoms with Gasteiger partial charge in [-0.25, -0.2) is 0 Å². The van der Waals surface area contributed by atoms with Crippen LogP contribution in [0.25, 0.3) is 6.08 Å². The Morgan fingerprint density at radius 2 is 1.94 bits per heavy atom. The molecule has 1 heterocycles. The minimum atomic E-state index is -4.98. The highest BCUT2D eigenvalue weighted by Gasteiger charge is 2.46. The minimum Gasteiger partial charge on any atom is -0.500 e. The average molecular weight is 456 g/mol. The van der Waals surface area contributed by atoms with Gasteiger partial charge in [0.15, 0.2) is 11.5 Å². The lowest BCUT2D eigenvalue weighted by molar-refractivity contribution is -0.386. The first kappa shape index (κ1) is 22.1. The van der Waals surface area contributed by atoms with Gasteiger partial charge in [-0.3, -0.25) is 14.9 Å². The largest absolute Gasteiger partial charge is 0.500 e. The zero-order valence-electron chi connectivity index (χ0n) is 15.7. The molecule has 0 saturated carbocycles. The molecule has 0 saturated heterocycles. The summed E-state index contributed by atoms with van der Waals surface area (Å²) in [5, 5.41) is 25.4. The summed E-state index contributed by atoms with van der Waals surface area (Å²) in [7, 11) is 0. The van der Waals surface area contributed by atoms with Crippen LogP contribution in [-0.4, -0.2) is 34.4 Å². The van der Waals surface area contributed by atoms with Gasteiger partial charge in [-0.2, -0.15) is 23.3 Å². The van der Waals surface area contributed by atoms with E-state index >= 15 is 0 Å². The van der Waals surface area contributed by atoms with Crippen molar-refractivity contribution in [1.29, 1.82) is 0 Å². The minimum absolute atomic E-state index is 0.0310.